The minimum atomic E-state index is -0.258. The highest BCUT2D eigenvalue weighted by Gasteiger charge is 2.11. The Kier molecular flexibility index (Phi) is 5.38. The van der Waals surface area contributed by atoms with Gasteiger partial charge >= 0.3 is 0 Å². The van der Waals surface area contributed by atoms with Crippen molar-refractivity contribution in [3.63, 3.8) is 0 Å². The lowest BCUT2D eigenvalue weighted by atomic mass is 10.1. The van der Waals surface area contributed by atoms with E-state index in [2.05, 4.69) is 37.6 Å². The molecular formula is C21H22N2O2S. The number of hydrogen-bond acceptors (Lipinski definition) is 3. The van der Waals surface area contributed by atoms with Crippen LogP contribution in [0.5, 0.6) is 5.75 Å². The maximum Gasteiger partial charge on any atom is 0.279 e. The highest BCUT2D eigenvalue weighted by Crippen LogP contribution is 2.23. The van der Waals surface area contributed by atoms with E-state index >= 15 is 0 Å². The molecule has 0 spiro atoms. The molecule has 0 N–H and O–H groups in total. The quantitative estimate of drug-likeness (QED) is 0.617. The second-order valence-electron chi connectivity index (χ2n) is 6.09. The lowest BCUT2D eigenvalue weighted by Gasteiger charge is -2.04. The number of fused-ring (bicyclic) bond motifs is 1. The number of aromatic nitrogens is 1. The fourth-order valence-corrected chi connectivity index (χ4v) is 4.00. The summed E-state index contributed by atoms with van der Waals surface area (Å²) in [7, 11) is 0. The van der Waals surface area contributed by atoms with Crippen LogP contribution in [0.3, 0.4) is 0 Å². The Bertz CT molecular complexity index is 1030. The van der Waals surface area contributed by atoms with Crippen LogP contribution in [0, 0.1) is 13.8 Å². The van der Waals surface area contributed by atoms with Gasteiger partial charge < -0.3 is 9.30 Å². The van der Waals surface area contributed by atoms with E-state index in [1.807, 2.05) is 17.6 Å². The molecule has 26 heavy (non-hydrogen) atoms. The van der Waals surface area contributed by atoms with Crippen LogP contribution in [0.2, 0.25) is 0 Å². The van der Waals surface area contributed by atoms with Gasteiger partial charge in [-0.1, -0.05) is 23.5 Å². The van der Waals surface area contributed by atoms with Crippen LogP contribution in [0.4, 0.5) is 0 Å². The number of nitrogens with zero attached hydrogens (tertiary/aromatic N) is 2. The van der Waals surface area contributed by atoms with Gasteiger partial charge in [0.25, 0.3) is 5.91 Å². The molecule has 0 aliphatic heterocycles. The lowest BCUT2D eigenvalue weighted by Crippen LogP contribution is -2.16. The first-order valence-electron chi connectivity index (χ1n) is 8.57. The molecule has 0 atom stereocenters. The van der Waals surface area contributed by atoms with Crippen LogP contribution < -0.4 is 9.54 Å². The van der Waals surface area contributed by atoms with Crippen molar-refractivity contribution >= 4 is 27.5 Å². The van der Waals surface area contributed by atoms with Crippen LogP contribution in [0.25, 0.3) is 10.2 Å². The second-order valence-corrected chi connectivity index (χ2v) is 7.07. The van der Waals surface area contributed by atoms with Gasteiger partial charge in [-0.25, -0.2) is 0 Å². The number of allylic oxidation sites excluding steroid dienone is 1. The maximum atomic E-state index is 12.6. The van der Waals surface area contributed by atoms with Crippen LogP contribution in [0.1, 0.15) is 28.4 Å². The molecule has 0 bridgehead atoms. The van der Waals surface area contributed by atoms with Crippen molar-refractivity contribution < 1.29 is 9.53 Å². The second kappa shape index (κ2) is 7.70. The first kappa shape index (κ1) is 18.1. The number of carbonyl (C=O) groups is 1. The van der Waals surface area contributed by atoms with Gasteiger partial charge in [-0.3, -0.25) is 4.79 Å². The van der Waals surface area contributed by atoms with E-state index in [0.29, 0.717) is 23.5 Å². The van der Waals surface area contributed by atoms with Crippen molar-refractivity contribution in [2.45, 2.75) is 27.3 Å². The number of benzene rings is 2. The van der Waals surface area contributed by atoms with Gasteiger partial charge in [0.2, 0.25) is 0 Å². The fraction of sp³-hybridized carbons (Fsp3) is 0.238. The van der Waals surface area contributed by atoms with Crippen molar-refractivity contribution in [3.8, 4) is 5.75 Å². The Morgan fingerprint density at radius 2 is 2.00 bits per heavy atom. The third kappa shape index (κ3) is 3.63. The van der Waals surface area contributed by atoms with Gasteiger partial charge in [0.1, 0.15) is 5.75 Å². The minimum Gasteiger partial charge on any atom is -0.494 e. The Morgan fingerprint density at radius 1 is 1.27 bits per heavy atom. The molecule has 5 heteroatoms. The average Bonchev–Trinajstić information content (AvgIpc) is 2.94. The number of aryl methyl sites for hydroxylation is 2. The van der Waals surface area contributed by atoms with Crippen LogP contribution in [0.15, 0.2) is 54.0 Å². The third-order valence-electron chi connectivity index (χ3n) is 4.04. The van der Waals surface area contributed by atoms with E-state index in [9.17, 15) is 4.79 Å². The number of thiazole rings is 1. The zero-order valence-electron chi connectivity index (χ0n) is 15.3. The van der Waals surface area contributed by atoms with E-state index in [-0.39, 0.29) is 5.91 Å². The van der Waals surface area contributed by atoms with Crippen molar-refractivity contribution in [3.05, 3.63) is 70.5 Å². The van der Waals surface area contributed by atoms with Gasteiger partial charge in [-0.15, -0.1) is 6.58 Å². The molecule has 134 valence electrons. The first-order valence-corrected chi connectivity index (χ1v) is 9.38. The van der Waals surface area contributed by atoms with E-state index in [1.165, 1.54) is 22.5 Å². The monoisotopic (exact) mass is 366 g/mol. The van der Waals surface area contributed by atoms with E-state index < -0.39 is 0 Å². The molecular weight excluding hydrogens is 344 g/mol. The first-order chi connectivity index (χ1) is 12.5. The molecule has 1 aromatic heterocycles. The number of rotatable bonds is 5. The summed E-state index contributed by atoms with van der Waals surface area (Å²) in [6.45, 7) is 11.1. The molecule has 0 saturated carbocycles. The van der Waals surface area contributed by atoms with Crippen LogP contribution in [-0.2, 0) is 6.54 Å². The molecule has 4 nitrogen and oxygen atoms in total. The van der Waals surface area contributed by atoms with E-state index in [0.717, 1.165) is 16.0 Å². The molecule has 3 rings (SSSR count). The summed E-state index contributed by atoms with van der Waals surface area (Å²) in [6.07, 6.45) is 1.82. The minimum absolute atomic E-state index is 0.258. The number of hydrogen-bond donors (Lipinski definition) is 0. The summed E-state index contributed by atoms with van der Waals surface area (Å²) in [5.41, 5.74) is 4.02. The fourth-order valence-electron chi connectivity index (χ4n) is 2.92. The number of ether oxygens (including phenoxy) is 1. The summed E-state index contributed by atoms with van der Waals surface area (Å²) in [4.78, 5) is 17.7. The Balaban J connectivity index is 2.08. The summed E-state index contributed by atoms with van der Waals surface area (Å²) in [5, 5.41) is 0. The lowest BCUT2D eigenvalue weighted by molar-refractivity contribution is 0.0998. The van der Waals surface area contributed by atoms with E-state index in [4.69, 9.17) is 4.74 Å². The highest BCUT2D eigenvalue weighted by molar-refractivity contribution is 7.16. The Morgan fingerprint density at radius 3 is 2.65 bits per heavy atom. The molecule has 0 unspecified atom stereocenters. The molecule has 0 aliphatic rings. The topological polar surface area (TPSA) is 43.6 Å². The molecule has 0 radical (unpaired) electrons. The third-order valence-corrected chi connectivity index (χ3v) is 5.27. The number of amides is 1. The molecule has 2 aromatic carbocycles. The average molecular weight is 366 g/mol. The standard InChI is InChI=1S/C21H22N2O2S/c1-5-11-23-18-13-14(3)12-15(4)19(18)26-21(23)22-20(24)16-7-9-17(10-8-16)25-6-2/h5,7-10,12-13H,1,6,11H2,2-4H3. The van der Waals surface area contributed by atoms with Crippen molar-refractivity contribution in [1.82, 2.24) is 4.57 Å². The van der Waals surface area contributed by atoms with Crippen molar-refractivity contribution in [1.29, 1.82) is 0 Å². The van der Waals surface area contributed by atoms with Gasteiger partial charge in [-0.05, 0) is 62.2 Å². The van der Waals surface area contributed by atoms with Gasteiger partial charge in [0.05, 0.1) is 16.8 Å². The molecule has 0 fully saturated rings. The predicted octanol–water partition coefficient (Wildman–Crippen LogP) is 4.65. The molecule has 0 saturated heterocycles. The summed E-state index contributed by atoms with van der Waals surface area (Å²) >= 11 is 1.54. The van der Waals surface area contributed by atoms with Crippen LogP contribution >= 0.6 is 11.3 Å². The van der Waals surface area contributed by atoms with Gasteiger partial charge in [0, 0.05) is 12.1 Å². The van der Waals surface area contributed by atoms with Crippen molar-refractivity contribution in [2.24, 2.45) is 4.99 Å². The smallest absolute Gasteiger partial charge is 0.279 e. The van der Waals surface area contributed by atoms with Gasteiger partial charge in [-0.2, -0.15) is 4.99 Å². The SMILES string of the molecule is C=CCn1c(=NC(=O)c2ccc(OCC)cc2)sc2c(C)cc(C)cc21. The predicted molar refractivity (Wildman–Crippen MR) is 107 cm³/mol. The largest absolute Gasteiger partial charge is 0.494 e. The molecule has 0 aliphatic carbocycles. The normalized spacial score (nSPS) is 11.7. The summed E-state index contributed by atoms with van der Waals surface area (Å²) in [5.74, 6) is 0.491. The highest BCUT2D eigenvalue weighted by atomic mass is 32.1. The molecule has 1 heterocycles. The molecule has 1 amide bonds. The van der Waals surface area contributed by atoms with Gasteiger partial charge in [0.15, 0.2) is 4.80 Å². The summed E-state index contributed by atoms with van der Waals surface area (Å²) in [6, 6.07) is 11.4. The number of carbonyl (C=O) groups excluding carboxylic acids is 1. The Labute approximate surface area is 157 Å². The zero-order chi connectivity index (χ0) is 18.7. The van der Waals surface area contributed by atoms with Crippen molar-refractivity contribution in [2.75, 3.05) is 6.61 Å². The van der Waals surface area contributed by atoms with Crippen LogP contribution in [-0.4, -0.2) is 17.1 Å². The Hall–Kier alpha value is -2.66. The zero-order valence-corrected chi connectivity index (χ0v) is 16.1. The summed E-state index contributed by atoms with van der Waals surface area (Å²) < 4.78 is 8.61. The van der Waals surface area contributed by atoms with E-state index in [1.54, 1.807) is 24.3 Å². The molecule has 3 aromatic rings. The maximum absolute atomic E-state index is 12.6.